The van der Waals surface area contributed by atoms with Crippen LogP contribution in [0.4, 0.5) is 0 Å². The maximum atomic E-state index is 11.2. The Morgan fingerprint density at radius 1 is 1.13 bits per heavy atom. The van der Waals surface area contributed by atoms with Crippen LogP contribution in [0.5, 0.6) is 0 Å². The number of rotatable bonds is 4. The van der Waals surface area contributed by atoms with Crippen LogP contribution < -0.4 is 40.0 Å². The van der Waals surface area contributed by atoms with E-state index in [-0.39, 0.29) is 54.3 Å². The van der Waals surface area contributed by atoms with Crippen molar-refractivity contribution in [1.29, 1.82) is 0 Å². The quantitative estimate of drug-likeness (QED) is 0.513. The normalized spacial score (nSPS) is 16.5. The molecule has 0 aromatic heterocycles. The van der Waals surface area contributed by atoms with Crippen LogP contribution in [-0.2, 0) is 9.59 Å². The molecule has 1 amide bonds. The third-order valence-corrected chi connectivity index (χ3v) is 2.53. The van der Waals surface area contributed by atoms with Crippen molar-refractivity contribution in [3.63, 3.8) is 0 Å². The van der Waals surface area contributed by atoms with Crippen molar-refractivity contribution >= 4 is 11.9 Å². The Bertz CT molecular complexity index is 215. The number of hydrogen-bond acceptors (Lipinski definition) is 3. The van der Waals surface area contributed by atoms with E-state index in [1.165, 1.54) is 6.42 Å². The molecule has 4 nitrogen and oxygen atoms in total. The molecule has 0 aliphatic heterocycles. The van der Waals surface area contributed by atoms with Crippen molar-refractivity contribution in [3.05, 3.63) is 0 Å². The van der Waals surface area contributed by atoms with E-state index in [1.807, 2.05) is 0 Å². The molecule has 0 bridgehead atoms. The van der Waals surface area contributed by atoms with Gasteiger partial charge in [0, 0.05) is 18.4 Å². The van der Waals surface area contributed by atoms with Gasteiger partial charge in [0.1, 0.15) is 0 Å². The van der Waals surface area contributed by atoms with E-state index in [1.54, 1.807) is 0 Å². The van der Waals surface area contributed by atoms with Crippen molar-refractivity contribution in [3.8, 4) is 0 Å². The summed E-state index contributed by atoms with van der Waals surface area (Å²) >= 11 is 0. The topological polar surface area (TPSA) is 69.2 Å². The summed E-state index contributed by atoms with van der Waals surface area (Å²) in [6.45, 7) is 0. The molecule has 0 aromatic carbocycles. The fourth-order valence-electron chi connectivity index (χ4n) is 1.76. The van der Waals surface area contributed by atoms with Gasteiger partial charge in [0.2, 0.25) is 5.91 Å². The Labute approximate surface area is 112 Å². The Morgan fingerprint density at radius 2 is 1.73 bits per heavy atom. The average Bonchev–Trinajstić information content (AvgIpc) is 2.16. The number of carbonyl (C=O) groups is 2. The molecule has 1 fully saturated rings. The molecular formula is C10H16NNaO3. The molecule has 0 unspecified atom stereocenters. The predicted octanol–water partition coefficient (Wildman–Crippen LogP) is -3.03. The van der Waals surface area contributed by atoms with Crippen LogP contribution >= 0.6 is 0 Å². The number of amides is 1. The zero-order valence-corrected chi connectivity index (χ0v) is 11.3. The minimum Gasteiger partial charge on any atom is -0.550 e. The second kappa shape index (κ2) is 8.13. The SMILES string of the molecule is O=C([O-])CCC(=O)NC1CCCCC1.[Na+]. The summed E-state index contributed by atoms with van der Waals surface area (Å²) < 4.78 is 0. The molecule has 15 heavy (non-hydrogen) atoms. The van der Waals surface area contributed by atoms with Gasteiger partial charge >= 0.3 is 29.6 Å². The Hall–Kier alpha value is -0.0600. The first-order valence-corrected chi connectivity index (χ1v) is 5.17. The minimum atomic E-state index is -1.16. The smallest absolute Gasteiger partial charge is 0.550 e. The van der Waals surface area contributed by atoms with E-state index in [2.05, 4.69) is 5.32 Å². The molecule has 1 rings (SSSR count). The van der Waals surface area contributed by atoms with Gasteiger partial charge in [-0.3, -0.25) is 4.79 Å². The van der Waals surface area contributed by atoms with Crippen LogP contribution in [0.25, 0.3) is 0 Å². The number of nitrogens with one attached hydrogen (secondary N) is 1. The first-order chi connectivity index (χ1) is 6.68. The number of carboxylic acid groups (broad SMARTS) is 1. The van der Waals surface area contributed by atoms with Crippen LogP contribution in [0.15, 0.2) is 0 Å². The average molecular weight is 221 g/mol. The van der Waals surface area contributed by atoms with E-state index in [0.29, 0.717) is 0 Å². The zero-order valence-electron chi connectivity index (χ0n) is 9.25. The largest absolute Gasteiger partial charge is 1.00 e. The number of carboxylic acids is 1. The van der Waals surface area contributed by atoms with Crippen molar-refractivity contribution in [1.82, 2.24) is 5.32 Å². The van der Waals surface area contributed by atoms with E-state index >= 15 is 0 Å². The number of hydrogen-bond donors (Lipinski definition) is 1. The van der Waals surface area contributed by atoms with Crippen LogP contribution in [-0.4, -0.2) is 17.9 Å². The minimum absolute atomic E-state index is 0. The first kappa shape index (κ1) is 14.9. The van der Waals surface area contributed by atoms with Crippen LogP contribution in [0, 0.1) is 0 Å². The van der Waals surface area contributed by atoms with Crippen molar-refractivity contribution in [2.75, 3.05) is 0 Å². The van der Waals surface area contributed by atoms with Crippen molar-refractivity contribution in [2.45, 2.75) is 51.0 Å². The Kier molecular flexibility index (Phi) is 8.10. The van der Waals surface area contributed by atoms with Gasteiger partial charge in [-0.05, 0) is 19.3 Å². The first-order valence-electron chi connectivity index (χ1n) is 5.17. The third-order valence-electron chi connectivity index (χ3n) is 2.53. The molecule has 1 aliphatic carbocycles. The second-order valence-electron chi connectivity index (χ2n) is 3.77. The number of carbonyl (C=O) groups excluding carboxylic acids is 2. The van der Waals surface area contributed by atoms with E-state index in [9.17, 15) is 14.7 Å². The van der Waals surface area contributed by atoms with Gasteiger partial charge in [-0.2, -0.15) is 0 Å². The summed E-state index contributed by atoms with van der Waals surface area (Å²) in [6, 6.07) is 0.262. The Morgan fingerprint density at radius 3 is 2.27 bits per heavy atom. The summed E-state index contributed by atoms with van der Waals surface area (Å²) in [6.07, 6.45) is 5.47. The van der Waals surface area contributed by atoms with Crippen LogP contribution in [0.1, 0.15) is 44.9 Å². The van der Waals surface area contributed by atoms with Gasteiger partial charge in [-0.15, -0.1) is 0 Å². The molecular weight excluding hydrogens is 205 g/mol. The van der Waals surface area contributed by atoms with Crippen LogP contribution in [0.2, 0.25) is 0 Å². The molecule has 0 spiro atoms. The summed E-state index contributed by atoms with van der Waals surface area (Å²) in [4.78, 5) is 21.3. The van der Waals surface area contributed by atoms with Crippen molar-refractivity contribution in [2.24, 2.45) is 0 Å². The third kappa shape index (κ3) is 6.93. The molecule has 1 saturated carbocycles. The second-order valence-corrected chi connectivity index (χ2v) is 3.77. The Balaban J connectivity index is 0.00000196. The maximum absolute atomic E-state index is 11.2. The molecule has 1 N–H and O–H groups in total. The van der Waals surface area contributed by atoms with Gasteiger partial charge in [-0.1, -0.05) is 19.3 Å². The van der Waals surface area contributed by atoms with Gasteiger partial charge in [-0.25, -0.2) is 0 Å². The summed E-state index contributed by atoms with van der Waals surface area (Å²) in [5.74, 6) is -1.33. The van der Waals surface area contributed by atoms with Gasteiger partial charge in [0.15, 0.2) is 0 Å². The van der Waals surface area contributed by atoms with Gasteiger partial charge < -0.3 is 15.2 Å². The molecule has 0 radical (unpaired) electrons. The summed E-state index contributed by atoms with van der Waals surface area (Å²) in [5, 5.41) is 12.9. The molecule has 5 heteroatoms. The van der Waals surface area contributed by atoms with E-state index in [4.69, 9.17) is 0 Å². The molecule has 0 heterocycles. The van der Waals surface area contributed by atoms with Gasteiger partial charge in [0.05, 0.1) is 0 Å². The molecule has 80 valence electrons. The molecule has 0 aromatic rings. The molecule has 0 atom stereocenters. The van der Waals surface area contributed by atoms with E-state index in [0.717, 1.165) is 25.7 Å². The fraction of sp³-hybridized carbons (Fsp3) is 0.800. The monoisotopic (exact) mass is 221 g/mol. The van der Waals surface area contributed by atoms with Crippen LogP contribution in [0.3, 0.4) is 0 Å². The van der Waals surface area contributed by atoms with Crippen molar-refractivity contribution < 1.29 is 44.3 Å². The summed E-state index contributed by atoms with van der Waals surface area (Å²) in [7, 11) is 0. The predicted molar refractivity (Wildman–Crippen MR) is 49.3 cm³/mol. The molecule has 1 aliphatic rings. The van der Waals surface area contributed by atoms with Gasteiger partial charge in [0.25, 0.3) is 0 Å². The summed E-state index contributed by atoms with van der Waals surface area (Å²) in [5.41, 5.74) is 0. The standard InChI is InChI=1S/C10H17NO3.Na/c12-9(6-7-10(13)14)11-8-4-2-1-3-5-8;/h8H,1-7H2,(H,11,12)(H,13,14);/q;+1/p-1. The number of aliphatic carboxylic acids is 1. The zero-order chi connectivity index (χ0) is 10.4. The van der Waals surface area contributed by atoms with E-state index < -0.39 is 5.97 Å². The molecule has 0 saturated heterocycles. The maximum Gasteiger partial charge on any atom is 1.00 e. The fourth-order valence-corrected chi connectivity index (χ4v) is 1.76.